The molecule has 2 heterocycles. The third kappa shape index (κ3) is 4.32. The third-order valence-corrected chi connectivity index (χ3v) is 7.15. The van der Waals surface area contributed by atoms with E-state index in [4.69, 9.17) is 14.2 Å². The van der Waals surface area contributed by atoms with E-state index in [0.717, 1.165) is 11.3 Å². The molecule has 0 spiro atoms. The van der Waals surface area contributed by atoms with Crippen molar-refractivity contribution in [1.82, 2.24) is 4.98 Å². The third-order valence-electron chi connectivity index (χ3n) is 6.14. The second-order valence-electron chi connectivity index (χ2n) is 8.35. The van der Waals surface area contributed by atoms with Crippen molar-refractivity contribution in [2.24, 2.45) is 0 Å². The molecule has 0 bridgehead atoms. The Labute approximate surface area is 221 Å². The van der Waals surface area contributed by atoms with Crippen molar-refractivity contribution in [2.75, 3.05) is 25.7 Å². The summed E-state index contributed by atoms with van der Waals surface area (Å²) in [6.07, 6.45) is 0. The molecule has 5 rings (SSSR count). The largest absolute Gasteiger partial charge is 0.507 e. The molecule has 10 heteroatoms. The highest BCUT2D eigenvalue weighted by Crippen LogP contribution is 2.46. The van der Waals surface area contributed by atoms with Crippen molar-refractivity contribution in [3.8, 4) is 17.2 Å². The van der Waals surface area contributed by atoms with Crippen molar-refractivity contribution >= 4 is 44.1 Å². The van der Waals surface area contributed by atoms with Gasteiger partial charge in [-0.2, -0.15) is 0 Å². The summed E-state index contributed by atoms with van der Waals surface area (Å²) in [7, 11) is 2.97. The molecule has 1 saturated heterocycles. The van der Waals surface area contributed by atoms with Gasteiger partial charge in [-0.3, -0.25) is 14.5 Å². The number of aliphatic hydroxyl groups excluding tert-OH is 1. The second-order valence-corrected chi connectivity index (χ2v) is 9.36. The molecule has 1 fully saturated rings. The van der Waals surface area contributed by atoms with Crippen LogP contribution in [0.3, 0.4) is 0 Å². The number of aliphatic hydroxyl groups is 1. The first-order valence-corrected chi connectivity index (χ1v) is 12.5. The first-order valence-electron chi connectivity index (χ1n) is 11.7. The molecule has 4 aromatic rings. The Kier molecular flexibility index (Phi) is 6.73. The summed E-state index contributed by atoms with van der Waals surface area (Å²) in [5.41, 5.74) is 1.14. The normalized spacial score (nSPS) is 16.7. The number of hydrogen-bond donors (Lipinski definition) is 1. The van der Waals surface area contributed by atoms with E-state index in [1.54, 1.807) is 42.5 Å². The lowest BCUT2D eigenvalue weighted by molar-refractivity contribution is -0.132. The number of anilines is 1. The monoisotopic (exact) mass is 534 g/mol. The minimum atomic E-state index is -1.05. The summed E-state index contributed by atoms with van der Waals surface area (Å²) in [5, 5.41) is 11.6. The molecule has 0 aliphatic carbocycles. The van der Waals surface area contributed by atoms with Gasteiger partial charge in [-0.1, -0.05) is 29.5 Å². The van der Waals surface area contributed by atoms with E-state index in [1.807, 2.05) is 6.92 Å². The average molecular weight is 535 g/mol. The molecule has 1 aromatic heterocycles. The van der Waals surface area contributed by atoms with Gasteiger partial charge in [-0.15, -0.1) is 0 Å². The first-order chi connectivity index (χ1) is 18.4. The van der Waals surface area contributed by atoms with Gasteiger partial charge in [-0.05, 0) is 55.0 Å². The van der Waals surface area contributed by atoms with Crippen LogP contribution in [-0.2, 0) is 9.59 Å². The quantitative estimate of drug-likeness (QED) is 0.191. The number of Topliss-reactive ketones (excluding diaryl/α,β-unsaturated/α-hetero) is 1. The molecule has 1 amide bonds. The summed E-state index contributed by atoms with van der Waals surface area (Å²) in [6.45, 7) is 2.25. The average Bonchev–Trinajstić information content (AvgIpc) is 3.46. The zero-order valence-corrected chi connectivity index (χ0v) is 21.5. The lowest BCUT2D eigenvalue weighted by Crippen LogP contribution is -2.29. The number of nitrogens with zero attached hydrogens (tertiary/aromatic N) is 2. The number of thiazole rings is 1. The summed E-state index contributed by atoms with van der Waals surface area (Å²) in [4.78, 5) is 32.7. The van der Waals surface area contributed by atoms with Gasteiger partial charge in [0.25, 0.3) is 5.78 Å². The van der Waals surface area contributed by atoms with Crippen LogP contribution in [-0.4, -0.2) is 42.6 Å². The highest BCUT2D eigenvalue weighted by molar-refractivity contribution is 7.22. The summed E-state index contributed by atoms with van der Waals surface area (Å²) < 4.78 is 30.8. The van der Waals surface area contributed by atoms with Crippen LogP contribution in [0.2, 0.25) is 0 Å². The Bertz CT molecular complexity index is 1600. The maximum Gasteiger partial charge on any atom is 0.301 e. The molecule has 1 unspecified atom stereocenters. The van der Waals surface area contributed by atoms with E-state index >= 15 is 0 Å². The molecule has 194 valence electrons. The van der Waals surface area contributed by atoms with Gasteiger partial charge in [0.15, 0.2) is 16.6 Å². The van der Waals surface area contributed by atoms with Gasteiger partial charge < -0.3 is 19.3 Å². The Morgan fingerprint density at radius 1 is 1.05 bits per heavy atom. The van der Waals surface area contributed by atoms with E-state index in [-0.39, 0.29) is 16.5 Å². The van der Waals surface area contributed by atoms with Crippen molar-refractivity contribution in [3.05, 3.63) is 83.2 Å². The highest BCUT2D eigenvalue weighted by atomic mass is 32.1. The van der Waals surface area contributed by atoms with E-state index in [2.05, 4.69) is 4.98 Å². The van der Waals surface area contributed by atoms with Crippen molar-refractivity contribution in [2.45, 2.75) is 13.0 Å². The van der Waals surface area contributed by atoms with E-state index in [9.17, 15) is 19.1 Å². The molecule has 1 aliphatic rings. The van der Waals surface area contributed by atoms with Gasteiger partial charge in [-0.25, -0.2) is 9.37 Å². The van der Waals surface area contributed by atoms with Gasteiger partial charge >= 0.3 is 5.91 Å². The zero-order valence-electron chi connectivity index (χ0n) is 20.7. The smallest absolute Gasteiger partial charge is 0.301 e. The molecule has 1 N–H and O–H groups in total. The van der Waals surface area contributed by atoms with Gasteiger partial charge in [0.05, 0.1) is 42.7 Å². The molecule has 1 aliphatic heterocycles. The van der Waals surface area contributed by atoms with E-state index in [0.29, 0.717) is 45.2 Å². The number of benzene rings is 3. The zero-order chi connectivity index (χ0) is 27.0. The van der Waals surface area contributed by atoms with Crippen LogP contribution in [0, 0.1) is 5.82 Å². The molecule has 0 saturated carbocycles. The molecule has 38 heavy (non-hydrogen) atoms. The number of rotatable bonds is 7. The van der Waals surface area contributed by atoms with Crippen LogP contribution >= 0.6 is 11.3 Å². The fourth-order valence-electron chi connectivity index (χ4n) is 4.39. The number of hydrogen-bond acceptors (Lipinski definition) is 8. The summed E-state index contributed by atoms with van der Waals surface area (Å²) >= 11 is 1.07. The van der Waals surface area contributed by atoms with Gasteiger partial charge in [0.1, 0.15) is 17.3 Å². The van der Waals surface area contributed by atoms with E-state index in [1.165, 1.54) is 37.3 Å². The second kappa shape index (κ2) is 10.1. The van der Waals surface area contributed by atoms with Gasteiger partial charge in [0, 0.05) is 5.56 Å². The topological polar surface area (TPSA) is 98.2 Å². The van der Waals surface area contributed by atoms with Crippen LogP contribution in [0.5, 0.6) is 17.2 Å². The minimum absolute atomic E-state index is 0.125. The standard InChI is InChI=1S/C28H23FN2O6S/c1-4-37-20-11-8-15(13-21(20)36-3)24-23(25(32)16-6-5-7-18(12-16)35-2)26(33)27(34)31(24)28-30-19-10-9-17(29)14-22(19)38-28/h5-14,24,32H,4H2,1-3H3/b25-23+. The Morgan fingerprint density at radius 2 is 1.87 bits per heavy atom. The van der Waals surface area contributed by atoms with Crippen LogP contribution in [0.4, 0.5) is 9.52 Å². The Morgan fingerprint density at radius 3 is 2.61 bits per heavy atom. The maximum atomic E-state index is 13.9. The minimum Gasteiger partial charge on any atom is -0.507 e. The predicted molar refractivity (Wildman–Crippen MR) is 142 cm³/mol. The highest BCUT2D eigenvalue weighted by Gasteiger charge is 2.48. The molecule has 0 radical (unpaired) electrons. The number of amides is 1. The van der Waals surface area contributed by atoms with Crippen molar-refractivity contribution in [3.63, 3.8) is 0 Å². The van der Waals surface area contributed by atoms with Crippen LogP contribution in [0.1, 0.15) is 24.1 Å². The SMILES string of the molecule is CCOc1ccc(C2/C(=C(\O)c3cccc(OC)c3)C(=O)C(=O)N2c2nc3ccc(F)cc3s2)cc1OC. The fourth-order valence-corrected chi connectivity index (χ4v) is 5.41. The maximum absolute atomic E-state index is 13.9. The number of carbonyl (C=O) groups is 2. The summed E-state index contributed by atoms with van der Waals surface area (Å²) in [6, 6.07) is 14.6. The molecule has 1 atom stereocenters. The van der Waals surface area contributed by atoms with Crippen molar-refractivity contribution < 1.29 is 33.3 Å². The molecule has 3 aromatic carbocycles. The van der Waals surface area contributed by atoms with Crippen LogP contribution in [0.25, 0.3) is 16.0 Å². The lowest BCUT2D eigenvalue weighted by atomic mass is 9.95. The number of ether oxygens (including phenoxy) is 3. The number of aromatic nitrogens is 1. The summed E-state index contributed by atoms with van der Waals surface area (Å²) in [5.74, 6) is -1.21. The van der Waals surface area contributed by atoms with Gasteiger partial charge in [0.2, 0.25) is 0 Å². The lowest BCUT2D eigenvalue weighted by Gasteiger charge is -2.24. The number of carbonyl (C=O) groups excluding carboxylic acids is 2. The predicted octanol–water partition coefficient (Wildman–Crippen LogP) is 5.48. The van der Waals surface area contributed by atoms with E-state index < -0.39 is 23.5 Å². The molecular weight excluding hydrogens is 511 g/mol. The van der Waals surface area contributed by atoms with Crippen molar-refractivity contribution in [1.29, 1.82) is 0 Å². The number of fused-ring (bicyclic) bond motifs is 1. The van der Waals surface area contributed by atoms with Crippen LogP contribution < -0.4 is 19.1 Å². The Balaban J connectivity index is 1.74. The number of halogens is 1. The fraction of sp³-hybridized carbons (Fsp3) is 0.179. The van der Waals surface area contributed by atoms with Crippen LogP contribution in [0.15, 0.2) is 66.2 Å². The number of ketones is 1. The Hall–Kier alpha value is -4.44. The molecule has 8 nitrogen and oxygen atoms in total. The first kappa shape index (κ1) is 25.2. The number of methoxy groups -OCH3 is 2. The molecular formula is C28H23FN2O6S.